The second-order valence-corrected chi connectivity index (χ2v) is 5.33. The van der Waals surface area contributed by atoms with Crippen molar-refractivity contribution in [2.75, 3.05) is 31.5 Å². The van der Waals surface area contributed by atoms with Crippen LogP contribution in [0.1, 0.15) is 11.1 Å². The van der Waals surface area contributed by atoms with Crippen LogP contribution in [0.3, 0.4) is 0 Å². The molecule has 1 aliphatic rings. The van der Waals surface area contributed by atoms with Crippen LogP contribution in [-0.2, 0) is 21.9 Å². The molecule has 0 bridgehead atoms. The summed E-state index contributed by atoms with van der Waals surface area (Å²) in [5, 5.41) is 4.74. The molecule has 1 saturated heterocycles. The maximum absolute atomic E-state index is 12.8. The standard InChI is InChI=1S/C14H13F6N3O2/c15-13(16,17)8-3-9(14(18,19)20)5-10(4-8)22-11(24)7-23-2-1-21-6-12(23)25/h3-5,21H,1-2,6-7H2,(H,22,24). The lowest BCUT2D eigenvalue weighted by Gasteiger charge is -2.26. The molecule has 25 heavy (non-hydrogen) atoms. The number of piperazine rings is 1. The Labute approximate surface area is 138 Å². The lowest BCUT2D eigenvalue weighted by Crippen LogP contribution is -2.50. The van der Waals surface area contributed by atoms with E-state index < -0.39 is 41.6 Å². The van der Waals surface area contributed by atoms with Gasteiger partial charge in [-0.15, -0.1) is 0 Å². The maximum atomic E-state index is 12.8. The molecule has 2 rings (SSSR count). The molecule has 0 aliphatic carbocycles. The molecule has 0 unspecified atom stereocenters. The van der Waals surface area contributed by atoms with E-state index in [0.717, 1.165) is 4.90 Å². The molecule has 11 heteroatoms. The van der Waals surface area contributed by atoms with E-state index in [1.165, 1.54) is 0 Å². The fraction of sp³-hybridized carbons (Fsp3) is 0.429. The number of halogens is 6. The number of hydrogen-bond acceptors (Lipinski definition) is 3. The molecule has 5 nitrogen and oxygen atoms in total. The van der Waals surface area contributed by atoms with Gasteiger partial charge in [0.25, 0.3) is 0 Å². The summed E-state index contributed by atoms with van der Waals surface area (Å²) >= 11 is 0. The summed E-state index contributed by atoms with van der Waals surface area (Å²) in [4.78, 5) is 24.6. The summed E-state index contributed by atoms with van der Waals surface area (Å²) in [7, 11) is 0. The van der Waals surface area contributed by atoms with Crippen molar-refractivity contribution < 1.29 is 35.9 Å². The third-order valence-electron chi connectivity index (χ3n) is 3.39. The fourth-order valence-corrected chi connectivity index (χ4v) is 2.21. The molecule has 2 N–H and O–H groups in total. The Bertz CT molecular complexity index is 639. The molecule has 1 fully saturated rings. The van der Waals surface area contributed by atoms with E-state index in [4.69, 9.17) is 0 Å². The van der Waals surface area contributed by atoms with Gasteiger partial charge in [-0.1, -0.05) is 0 Å². The number of hydrogen-bond donors (Lipinski definition) is 2. The average Bonchev–Trinajstić information content (AvgIpc) is 2.47. The van der Waals surface area contributed by atoms with Crippen molar-refractivity contribution in [2.24, 2.45) is 0 Å². The number of anilines is 1. The van der Waals surface area contributed by atoms with Crippen molar-refractivity contribution in [1.29, 1.82) is 0 Å². The van der Waals surface area contributed by atoms with Crippen molar-refractivity contribution in [3.05, 3.63) is 29.3 Å². The Hall–Kier alpha value is -2.30. The summed E-state index contributed by atoms with van der Waals surface area (Å²) < 4.78 is 76.5. The lowest BCUT2D eigenvalue weighted by atomic mass is 10.1. The van der Waals surface area contributed by atoms with E-state index in [0.29, 0.717) is 18.7 Å². The Balaban J connectivity index is 2.20. The van der Waals surface area contributed by atoms with Gasteiger partial charge in [0, 0.05) is 18.8 Å². The van der Waals surface area contributed by atoms with Gasteiger partial charge in [0.1, 0.15) is 0 Å². The number of nitrogens with zero attached hydrogens (tertiary/aromatic N) is 1. The highest BCUT2D eigenvalue weighted by atomic mass is 19.4. The quantitative estimate of drug-likeness (QED) is 0.803. The zero-order valence-electron chi connectivity index (χ0n) is 12.6. The molecule has 138 valence electrons. The first-order valence-electron chi connectivity index (χ1n) is 7.04. The van der Waals surface area contributed by atoms with Crippen LogP contribution in [0, 0.1) is 0 Å². The minimum Gasteiger partial charge on any atom is -0.331 e. The predicted molar refractivity (Wildman–Crippen MR) is 74.5 cm³/mol. The number of carbonyl (C=O) groups excluding carboxylic acids is 2. The minimum atomic E-state index is -5.00. The molecule has 1 aromatic rings. The van der Waals surface area contributed by atoms with E-state index in [-0.39, 0.29) is 25.1 Å². The summed E-state index contributed by atoms with van der Waals surface area (Å²) in [6, 6.07) is 0.787. The van der Waals surface area contributed by atoms with Crippen LogP contribution in [0.15, 0.2) is 18.2 Å². The van der Waals surface area contributed by atoms with Crippen molar-refractivity contribution >= 4 is 17.5 Å². The third-order valence-corrected chi connectivity index (χ3v) is 3.39. The van der Waals surface area contributed by atoms with Crippen LogP contribution in [0.4, 0.5) is 32.0 Å². The largest absolute Gasteiger partial charge is 0.416 e. The zero-order valence-corrected chi connectivity index (χ0v) is 12.6. The number of benzene rings is 1. The van der Waals surface area contributed by atoms with Gasteiger partial charge >= 0.3 is 12.4 Å². The van der Waals surface area contributed by atoms with Gasteiger partial charge in [-0.25, -0.2) is 0 Å². The maximum Gasteiger partial charge on any atom is 0.416 e. The van der Waals surface area contributed by atoms with E-state index in [9.17, 15) is 35.9 Å². The van der Waals surface area contributed by atoms with Crippen molar-refractivity contribution in [3.8, 4) is 0 Å². The molecule has 0 saturated carbocycles. The molecule has 0 spiro atoms. The number of nitrogens with one attached hydrogen (secondary N) is 2. The summed E-state index contributed by atoms with van der Waals surface area (Å²) in [5.41, 5.74) is -3.71. The molecule has 1 heterocycles. The van der Waals surface area contributed by atoms with Gasteiger partial charge in [-0.3, -0.25) is 9.59 Å². The summed E-state index contributed by atoms with van der Waals surface area (Å²) in [6.07, 6.45) is -10.0. The summed E-state index contributed by atoms with van der Waals surface area (Å²) in [6.45, 7) is 0.191. The molecular weight excluding hydrogens is 356 g/mol. The SMILES string of the molecule is O=C(CN1CCNCC1=O)Nc1cc(C(F)(F)F)cc(C(F)(F)F)c1. The normalized spacial score (nSPS) is 16.1. The Morgan fingerprint density at radius 3 is 2.12 bits per heavy atom. The van der Waals surface area contributed by atoms with E-state index >= 15 is 0 Å². The number of amides is 2. The Morgan fingerprint density at radius 1 is 1.08 bits per heavy atom. The van der Waals surface area contributed by atoms with Crippen LogP contribution in [0.5, 0.6) is 0 Å². The van der Waals surface area contributed by atoms with Crippen LogP contribution < -0.4 is 10.6 Å². The Morgan fingerprint density at radius 2 is 1.64 bits per heavy atom. The molecule has 2 amide bonds. The second-order valence-electron chi connectivity index (χ2n) is 5.33. The smallest absolute Gasteiger partial charge is 0.331 e. The molecule has 1 aliphatic heterocycles. The van der Waals surface area contributed by atoms with Gasteiger partial charge in [0.15, 0.2) is 0 Å². The van der Waals surface area contributed by atoms with E-state index in [1.54, 1.807) is 0 Å². The van der Waals surface area contributed by atoms with E-state index in [1.807, 2.05) is 5.32 Å². The number of carbonyl (C=O) groups is 2. The van der Waals surface area contributed by atoms with Crippen LogP contribution in [0.2, 0.25) is 0 Å². The van der Waals surface area contributed by atoms with Gasteiger partial charge in [-0.05, 0) is 18.2 Å². The lowest BCUT2D eigenvalue weighted by molar-refractivity contribution is -0.143. The molecule has 0 atom stereocenters. The molecule has 1 aromatic carbocycles. The van der Waals surface area contributed by atoms with Crippen LogP contribution >= 0.6 is 0 Å². The first-order valence-corrected chi connectivity index (χ1v) is 7.04. The highest BCUT2D eigenvalue weighted by Gasteiger charge is 2.37. The number of alkyl halides is 6. The molecule has 0 aromatic heterocycles. The minimum absolute atomic E-state index is 0.00899. The van der Waals surface area contributed by atoms with Crippen molar-refractivity contribution in [3.63, 3.8) is 0 Å². The van der Waals surface area contributed by atoms with Crippen LogP contribution in [-0.4, -0.2) is 42.9 Å². The van der Waals surface area contributed by atoms with Crippen molar-refractivity contribution in [2.45, 2.75) is 12.4 Å². The Kier molecular flexibility index (Phi) is 5.26. The summed E-state index contributed by atoms with van der Waals surface area (Å²) in [5.74, 6) is -1.27. The molecular formula is C14H13F6N3O2. The topological polar surface area (TPSA) is 61.4 Å². The second kappa shape index (κ2) is 6.90. The highest BCUT2D eigenvalue weighted by Crippen LogP contribution is 2.37. The highest BCUT2D eigenvalue weighted by molar-refractivity contribution is 5.95. The van der Waals surface area contributed by atoms with Gasteiger partial charge in [0.05, 0.1) is 24.2 Å². The first kappa shape index (κ1) is 19.0. The number of rotatable bonds is 3. The zero-order chi connectivity index (χ0) is 18.8. The van der Waals surface area contributed by atoms with E-state index in [2.05, 4.69) is 5.32 Å². The average molecular weight is 369 g/mol. The van der Waals surface area contributed by atoms with Crippen LogP contribution in [0.25, 0.3) is 0 Å². The van der Waals surface area contributed by atoms with Gasteiger partial charge in [-0.2, -0.15) is 26.3 Å². The van der Waals surface area contributed by atoms with Crippen molar-refractivity contribution in [1.82, 2.24) is 10.2 Å². The first-order chi connectivity index (χ1) is 11.5. The monoisotopic (exact) mass is 369 g/mol. The van der Waals surface area contributed by atoms with Gasteiger partial charge in [0.2, 0.25) is 11.8 Å². The fourth-order valence-electron chi connectivity index (χ4n) is 2.21. The van der Waals surface area contributed by atoms with Gasteiger partial charge < -0.3 is 15.5 Å². The predicted octanol–water partition coefficient (Wildman–Crippen LogP) is 2.09. The molecule has 0 radical (unpaired) electrons. The third kappa shape index (κ3) is 5.08.